The van der Waals surface area contributed by atoms with Gasteiger partial charge in [0, 0.05) is 12.0 Å². The van der Waals surface area contributed by atoms with Gasteiger partial charge in [-0.25, -0.2) is 0 Å². The van der Waals surface area contributed by atoms with Crippen molar-refractivity contribution in [2.24, 2.45) is 17.3 Å². The van der Waals surface area contributed by atoms with Gasteiger partial charge in [-0.05, 0) is 42.1 Å². The van der Waals surface area contributed by atoms with Crippen molar-refractivity contribution in [3.05, 3.63) is 35.9 Å². The van der Waals surface area contributed by atoms with Gasteiger partial charge in [-0.3, -0.25) is 0 Å². The van der Waals surface area contributed by atoms with Crippen LogP contribution in [0.3, 0.4) is 0 Å². The number of benzene rings is 1. The fourth-order valence-corrected chi connectivity index (χ4v) is 4.30. The maximum absolute atomic E-state index is 5.58. The molecule has 1 aromatic rings. The monoisotopic (exact) mass is 330 g/mol. The molecule has 2 fully saturated rings. The Labute approximate surface area is 150 Å². The fourth-order valence-electron chi connectivity index (χ4n) is 4.30. The van der Waals surface area contributed by atoms with Gasteiger partial charge in [0.2, 0.25) is 0 Å². The summed E-state index contributed by atoms with van der Waals surface area (Å²) in [6.07, 6.45) is 8.50. The van der Waals surface area contributed by atoms with Gasteiger partial charge in [0.05, 0.1) is 6.61 Å². The quantitative estimate of drug-likeness (QED) is 0.605. The first-order valence-corrected chi connectivity index (χ1v) is 10.0. The zero-order valence-electron chi connectivity index (χ0n) is 16.6. The molecule has 1 heteroatoms. The zero-order chi connectivity index (χ0) is 17.6. The van der Waals surface area contributed by atoms with Gasteiger partial charge in [-0.15, -0.1) is 0 Å². The molecule has 0 bridgehead atoms. The van der Waals surface area contributed by atoms with Gasteiger partial charge in [0.1, 0.15) is 0 Å². The third-order valence-electron chi connectivity index (χ3n) is 6.90. The Bertz CT molecular complexity index is 462. The molecule has 1 aromatic carbocycles. The molecule has 1 atom stereocenters. The second kappa shape index (κ2) is 8.52. The van der Waals surface area contributed by atoms with E-state index in [1.54, 1.807) is 0 Å². The second-order valence-electron chi connectivity index (χ2n) is 8.85. The van der Waals surface area contributed by atoms with E-state index >= 15 is 0 Å². The topological polar surface area (TPSA) is 9.23 Å². The summed E-state index contributed by atoms with van der Waals surface area (Å²) < 4.78 is 5.58. The summed E-state index contributed by atoms with van der Waals surface area (Å²) in [5.41, 5.74) is 2.38. The number of hydrogen-bond donors (Lipinski definition) is 0. The Morgan fingerprint density at radius 3 is 1.88 bits per heavy atom. The first kappa shape index (κ1) is 19.5. The van der Waals surface area contributed by atoms with Gasteiger partial charge in [-0.1, -0.05) is 84.2 Å². The van der Waals surface area contributed by atoms with Crippen molar-refractivity contribution >= 4 is 0 Å². The first-order valence-electron chi connectivity index (χ1n) is 10.0. The SMILES string of the molecule is CC(C)C1(C)CCCCC1.CC(C)C1(c2ccccc2)CCOC1. The van der Waals surface area contributed by atoms with Crippen LogP contribution in [-0.4, -0.2) is 13.2 Å². The summed E-state index contributed by atoms with van der Waals surface area (Å²) in [7, 11) is 0. The van der Waals surface area contributed by atoms with Crippen LogP contribution in [0.5, 0.6) is 0 Å². The zero-order valence-corrected chi connectivity index (χ0v) is 16.6. The van der Waals surface area contributed by atoms with E-state index in [9.17, 15) is 0 Å². The van der Waals surface area contributed by atoms with Crippen LogP contribution in [0.4, 0.5) is 0 Å². The molecule has 0 spiro atoms. The van der Waals surface area contributed by atoms with Gasteiger partial charge < -0.3 is 4.74 Å². The van der Waals surface area contributed by atoms with Crippen LogP contribution >= 0.6 is 0 Å². The van der Waals surface area contributed by atoms with Crippen LogP contribution in [0.2, 0.25) is 0 Å². The molecule has 0 radical (unpaired) electrons. The van der Waals surface area contributed by atoms with Gasteiger partial charge in [0.15, 0.2) is 0 Å². The Hall–Kier alpha value is -0.820. The minimum absolute atomic E-state index is 0.265. The average Bonchev–Trinajstić information content (AvgIpc) is 3.08. The molecule has 1 nitrogen and oxygen atoms in total. The summed E-state index contributed by atoms with van der Waals surface area (Å²) >= 11 is 0. The van der Waals surface area contributed by atoms with Gasteiger partial charge >= 0.3 is 0 Å². The Morgan fingerprint density at radius 1 is 0.833 bits per heavy atom. The molecule has 24 heavy (non-hydrogen) atoms. The molecule has 0 N–H and O–H groups in total. The van der Waals surface area contributed by atoms with E-state index in [1.807, 2.05) is 0 Å². The predicted molar refractivity (Wildman–Crippen MR) is 104 cm³/mol. The second-order valence-corrected chi connectivity index (χ2v) is 8.85. The van der Waals surface area contributed by atoms with Crippen molar-refractivity contribution < 1.29 is 4.74 Å². The summed E-state index contributed by atoms with van der Waals surface area (Å²) in [5, 5.41) is 0. The summed E-state index contributed by atoms with van der Waals surface area (Å²) in [6, 6.07) is 10.8. The third kappa shape index (κ3) is 4.42. The highest BCUT2D eigenvalue weighted by molar-refractivity contribution is 5.27. The van der Waals surface area contributed by atoms with Gasteiger partial charge in [-0.2, -0.15) is 0 Å². The molecule has 2 aliphatic rings. The molecular weight excluding hydrogens is 292 g/mol. The maximum atomic E-state index is 5.58. The minimum Gasteiger partial charge on any atom is -0.380 e. The van der Waals surface area contributed by atoms with E-state index in [0.717, 1.165) is 25.6 Å². The smallest absolute Gasteiger partial charge is 0.0566 e. The number of rotatable bonds is 3. The molecule has 3 rings (SSSR count). The van der Waals surface area contributed by atoms with E-state index in [4.69, 9.17) is 4.74 Å². The molecule has 1 saturated carbocycles. The van der Waals surface area contributed by atoms with Crippen molar-refractivity contribution in [3.63, 3.8) is 0 Å². The molecule has 1 unspecified atom stereocenters. The lowest BCUT2D eigenvalue weighted by atomic mass is 9.69. The average molecular weight is 331 g/mol. The van der Waals surface area contributed by atoms with E-state index in [2.05, 4.69) is 65.0 Å². The van der Waals surface area contributed by atoms with Crippen LogP contribution in [0.25, 0.3) is 0 Å². The Balaban J connectivity index is 0.000000185. The molecule has 0 aromatic heterocycles. The summed E-state index contributed by atoms with van der Waals surface area (Å²) in [5.74, 6) is 1.53. The standard InChI is InChI=1S/C13H18O.C10H20/c1-11(2)13(8-9-14-10-13)12-6-4-3-5-7-12;1-9(2)10(3)7-5-4-6-8-10/h3-7,11H,8-10H2,1-2H3;9H,4-8H2,1-3H3. The largest absolute Gasteiger partial charge is 0.380 e. The van der Waals surface area contributed by atoms with Gasteiger partial charge in [0.25, 0.3) is 0 Å². The highest BCUT2D eigenvalue weighted by Gasteiger charge is 2.39. The number of ether oxygens (including phenoxy) is 1. The maximum Gasteiger partial charge on any atom is 0.0566 e. The molecule has 1 aliphatic carbocycles. The van der Waals surface area contributed by atoms with Crippen molar-refractivity contribution in [3.8, 4) is 0 Å². The lowest BCUT2D eigenvalue weighted by molar-refractivity contribution is 0.143. The molecule has 136 valence electrons. The molecular formula is C23H38O. The molecule has 0 amide bonds. The normalized spacial score (nSPS) is 26.3. The summed E-state index contributed by atoms with van der Waals surface area (Å²) in [6.45, 7) is 13.6. The Kier molecular flexibility index (Phi) is 6.92. The van der Waals surface area contributed by atoms with E-state index in [1.165, 1.54) is 37.7 Å². The van der Waals surface area contributed by atoms with Crippen LogP contribution in [-0.2, 0) is 10.2 Å². The third-order valence-corrected chi connectivity index (χ3v) is 6.90. The lowest BCUT2D eigenvalue weighted by Crippen LogP contribution is -2.32. The number of hydrogen-bond acceptors (Lipinski definition) is 1. The minimum atomic E-state index is 0.265. The highest BCUT2D eigenvalue weighted by Crippen LogP contribution is 2.41. The van der Waals surface area contributed by atoms with Crippen LogP contribution in [0.15, 0.2) is 30.3 Å². The summed E-state index contributed by atoms with van der Waals surface area (Å²) in [4.78, 5) is 0. The Morgan fingerprint density at radius 2 is 1.46 bits per heavy atom. The van der Waals surface area contributed by atoms with Crippen LogP contribution in [0.1, 0.15) is 78.7 Å². The lowest BCUT2D eigenvalue weighted by Gasteiger charge is -2.37. The molecule has 1 aliphatic heterocycles. The molecule has 1 heterocycles. The van der Waals surface area contributed by atoms with E-state index < -0.39 is 0 Å². The van der Waals surface area contributed by atoms with Crippen LogP contribution in [0, 0.1) is 17.3 Å². The first-order chi connectivity index (χ1) is 11.4. The van der Waals surface area contributed by atoms with Crippen molar-refractivity contribution in [1.82, 2.24) is 0 Å². The predicted octanol–water partition coefficient (Wildman–Crippen LogP) is 6.61. The van der Waals surface area contributed by atoms with E-state index in [-0.39, 0.29) is 5.41 Å². The van der Waals surface area contributed by atoms with Crippen molar-refractivity contribution in [2.75, 3.05) is 13.2 Å². The van der Waals surface area contributed by atoms with Crippen molar-refractivity contribution in [1.29, 1.82) is 0 Å². The fraction of sp³-hybridized carbons (Fsp3) is 0.739. The van der Waals surface area contributed by atoms with Crippen LogP contribution < -0.4 is 0 Å². The molecule has 1 saturated heterocycles. The van der Waals surface area contributed by atoms with Crippen molar-refractivity contribution in [2.45, 2.75) is 78.6 Å². The highest BCUT2D eigenvalue weighted by atomic mass is 16.5. The van der Waals surface area contributed by atoms with E-state index in [0.29, 0.717) is 11.3 Å².